The van der Waals surface area contributed by atoms with Gasteiger partial charge in [0.05, 0.1) is 0 Å². The number of carbonyl (C=O) groups excluding carboxylic acids is 2. The van der Waals surface area contributed by atoms with Gasteiger partial charge >= 0.3 is 12.1 Å². The van der Waals surface area contributed by atoms with Crippen molar-refractivity contribution in [2.45, 2.75) is 57.5 Å². The molecule has 1 atom stereocenters. The van der Waals surface area contributed by atoms with Gasteiger partial charge in [-0.05, 0) is 61.8 Å². The van der Waals surface area contributed by atoms with Gasteiger partial charge in [0.1, 0.15) is 18.2 Å². The van der Waals surface area contributed by atoms with E-state index < -0.39 is 23.6 Å². The number of carboxylic acids is 1. The lowest BCUT2D eigenvalue weighted by Gasteiger charge is -2.40. The molecule has 0 saturated heterocycles. The summed E-state index contributed by atoms with van der Waals surface area (Å²) < 4.78 is 5.65. The van der Waals surface area contributed by atoms with E-state index in [2.05, 4.69) is 29.6 Å². The minimum atomic E-state index is -1.38. The molecule has 0 aliphatic heterocycles. The highest BCUT2D eigenvalue weighted by molar-refractivity contribution is 5.91. The van der Waals surface area contributed by atoms with Crippen molar-refractivity contribution in [3.05, 3.63) is 59.7 Å². The summed E-state index contributed by atoms with van der Waals surface area (Å²) in [5, 5.41) is 12.4. The van der Waals surface area contributed by atoms with Crippen LogP contribution in [0.1, 0.15) is 57.1 Å². The number of amides is 2. The first-order valence-electron chi connectivity index (χ1n) is 11.9. The molecule has 0 aromatic heterocycles. The van der Waals surface area contributed by atoms with Crippen molar-refractivity contribution in [3.8, 4) is 11.1 Å². The second-order valence-corrected chi connectivity index (χ2v) is 9.59. The summed E-state index contributed by atoms with van der Waals surface area (Å²) >= 11 is 0. The Morgan fingerprint density at radius 1 is 1.06 bits per heavy atom. The van der Waals surface area contributed by atoms with Gasteiger partial charge in [-0.15, -0.1) is 0 Å². The number of nitrogens with one attached hydrogen (secondary N) is 1. The van der Waals surface area contributed by atoms with Crippen LogP contribution in [0, 0.1) is 5.92 Å². The fourth-order valence-electron chi connectivity index (χ4n) is 5.03. The van der Waals surface area contributed by atoms with Gasteiger partial charge < -0.3 is 20.1 Å². The van der Waals surface area contributed by atoms with Gasteiger partial charge in [0.25, 0.3) is 0 Å². The van der Waals surface area contributed by atoms with Crippen molar-refractivity contribution < 1.29 is 24.2 Å². The number of hydrogen-bond acceptors (Lipinski definition) is 4. The SMILES string of the molecule is CCN(C(=O)C(NC(=O)OCC1c2ccccc2-c2ccccc21)C1CCC1)C(C)(C)C(=O)O. The van der Waals surface area contributed by atoms with Crippen LogP contribution in [0.5, 0.6) is 0 Å². The lowest BCUT2D eigenvalue weighted by molar-refractivity contribution is -0.158. The maximum atomic E-state index is 13.4. The molecule has 1 saturated carbocycles. The van der Waals surface area contributed by atoms with Gasteiger partial charge in [-0.3, -0.25) is 4.79 Å². The number of nitrogens with zero attached hydrogens (tertiary/aromatic N) is 1. The molecule has 2 aliphatic carbocycles. The molecule has 2 N–H and O–H groups in total. The van der Waals surface area contributed by atoms with Crippen molar-refractivity contribution in [1.82, 2.24) is 10.2 Å². The van der Waals surface area contributed by atoms with E-state index in [4.69, 9.17) is 4.74 Å². The van der Waals surface area contributed by atoms with E-state index in [0.717, 1.165) is 41.5 Å². The Bertz CT molecular complexity index is 1050. The summed E-state index contributed by atoms with van der Waals surface area (Å²) in [5.74, 6) is -1.56. The summed E-state index contributed by atoms with van der Waals surface area (Å²) in [7, 11) is 0. The highest BCUT2D eigenvalue weighted by Gasteiger charge is 2.43. The number of benzene rings is 2. The number of fused-ring (bicyclic) bond motifs is 3. The second kappa shape index (κ2) is 9.49. The molecule has 2 amide bonds. The maximum absolute atomic E-state index is 13.4. The molecule has 0 radical (unpaired) electrons. The molecule has 2 aromatic rings. The minimum Gasteiger partial charge on any atom is -0.480 e. The quantitative estimate of drug-likeness (QED) is 0.604. The Balaban J connectivity index is 1.47. The van der Waals surface area contributed by atoms with Crippen molar-refractivity contribution in [2.75, 3.05) is 13.2 Å². The van der Waals surface area contributed by atoms with Crippen molar-refractivity contribution in [2.24, 2.45) is 5.92 Å². The number of hydrogen-bond donors (Lipinski definition) is 2. The van der Waals surface area contributed by atoms with Crippen LogP contribution in [0.15, 0.2) is 48.5 Å². The lowest BCUT2D eigenvalue weighted by Crippen LogP contribution is -2.61. The van der Waals surface area contributed by atoms with E-state index >= 15 is 0 Å². The number of carboxylic acid groups (broad SMARTS) is 1. The maximum Gasteiger partial charge on any atom is 0.407 e. The van der Waals surface area contributed by atoms with Crippen LogP contribution in [0.2, 0.25) is 0 Å². The summed E-state index contributed by atoms with van der Waals surface area (Å²) in [4.78, 5) is 39.3. The average Bonchev–Trinajstić information content (AvgIpc) is 3.10. The van der Waals surface area contributed by atoms with E-state index in [1.54, 1.807) is 6.92 Å². The predicted molar refractivity (Wildman–Crippen MR) is 128 cm³/mol. The molecular weight excluding hydrogens is 432 g/mol. The van der Waals surface area contributed by atoms with E-state index in [9.17, 15) is 19.5 Å². The highest BCUT2D eigenvalue weighted by atomic mass is 16.5. The zero-order valence-corrected chi connectivity index (χ0v) is 19.9. The van der Waals surface area contributed by atoms with E-state index in [1.807, 2.05) is 24.3 Å². The van der Waals surface area contributed by atoms with E-state index in [-0.39, 0.29) is 30.9 Å². The second-order valence-electron chi connectivity index (χ2n) is 9.59. The van der Waals surface area contributed by atoms with Crippen molar-refractivity contribution >= 4 is 18.0 Å². The topological polar surface area (TPSA) is 95.9 Å². The Kier molecular flexibility index (Phi) is 6.64. The van der Waals surface area contributed by atoms with Crippen LogP contribution in [-0.4, -0.2) is 52.7 Å². The zero-order chi connectivity index (χ0) is 24.5. The molecule has 180 valence electrons. The summed E-state index contributed by atoms with van der Waals surface area (Å²) in [6, 6.07) is 15.4. The largest absolute Gasteiger partial charge is 0.480 e. The fourth-order valence-corrected chi connectivity index (χ4v) is 5.03. The number of rotatable bonds is 8. The standard InChI is InChI=1S/C27H32N2O5/c1-4-29(27(2,3)25(31)32)24(30)23(17-10-9-11-17)28-26(33)34-16-22-20-14-7-5-12-18(20)19-13-6-8-15-21(19)22/h5-8,12-15,17,22-23H,4,9-11,16H2,1-3H3,(H,28,33)(H,31,32). The smallest absolute Gasteiger partial charge is 0.407 e. The molecule has 0 bridgehead atoms. The molecule has 34 heavy (non-hydrogen) atoms. The van der Waals surface area contributed by atoms with Gasteiger partial charge in [0, 0.05) is 12.5 Å². The first-order valence-corrected chi connectivity index (χ1v) is 11.9. The molecule has 2 aliphatic rings. The Hall–Kier alpha value is -3.35. The molecular formula is C27H32N2O5. The molecule has 0 spiro atoms. The molecule has 0 heterocycles. The monoisotopic (exact) mass is 464 g/mol. The van der Waals surface area contributed by atoms with Crippen LogP contribution in [0.25, 0.3) is 11.1 Å². The number of alkyl carbamates (subject to hydrolysis) is 1. The van der Waals surface area contributed by atoms with Gasteiger partial charge in [-0.1, -0.05) is 55.0 Å². The van der Waals surface area contributed by atoms with Crippen molar-refractivity contribution in [1.29, 1.82) is 0 Å². The van der Waals surface area contributed by atoms with Crippen molar-refractivity contribution in [3.63, 3.8) is 0 Å². The van der Waals surface area contributed by atoms with Crippen LogP contribution >= 0.6 is 0 Å². The highest BCUT2D eigenvalue weighted by Crippen LogP contribution is 2.44. The third-order valence-corrected chi connectivity index (χ3v) is 7.28. The Labute approximate surface area is 200 Å². The van der Waals surface area contributed by atoms with E-state index in [0.29, 0.717) is 0 Å². The zero-order valence-electron chi connectivity index (χ0n) is 19.9. The molecule has 7 nitrogen and oxygen atoms in total. The van der Waals surface area contributed by atoms with Gasteiger partial charge in [0.2, 0.25) is 5.91 Å². The van der Waals surface area contributed by atoms with Crippen LogP contribution in [-0.2, 0) is 14.3 Å². The first-order chi connectivity index (χ1) is 16.3. The third kappa shape index (κ3) is 4.27. The first kappa shape index (κ1) is 23.8. The number of ether oxygens (including phenoxy) is 1. The van der Waals surface area contributed by atoms with E-state index in [1.165, 1.54) is 18.7 Å². The summed E-state index contributed by atoms with van der Waals surface area (Å²) in [5.41, 5.74) is 3.14. The normalized spacial score (nSPS) is 16.1. The lowest BCUT2D eigenvalue weighted by atomic mass is 9.78. The predicted octanol–water partition coefficient (Wildman–Crippen LogP) is 4.41. The average molecular weight is 465 g/mol. The third-order valence-electron chi connectivity index (χ3n) is 7.28. The minimum absolute atomic E-state index is 0.0216. The summed E-state index contributed by atoms with van der Waals surface area (Å²) in [6.07, 6.45) is 1.95. The van der Waals surface area contributed by atoms with Gasteiger partial charge in [-0.25, -0.2) is 9.59 Å². The number of carbonyl (C=O) groups is 3. The molecule has 7 heteroatoms. The van der Waals surface area contributed by atoms with Crippen LogP contribution < -0.4 is 5.32 Å². The van der Waals surface area contributed by atoms with Gasteiger partial charge in [0.15, 0.2) is 0 Å². The molecule has 1 unspecified atom stereocenters. The Morgan fingerprint density at radius 3 is 2.09 bits per heavy atom. The van der Waals surface area contributed by atoms with Crippen LogP contribution in [0.3, 0.4) is 0 Å². The van der Waals surface area contributed by atoms with Gasteiger partial charge in [-0.2, -0.15) is 0 Å². The fraction of sp³-hybridized carbons (Fsp3) is 0.444. The summed E-state index contributed by atoms with van der Waals surface area (Å²) in [6.45, 7) is 5.13. The molecule has 1 fully saturated rings. The van der Waals surface area contributed by atoms with Crippen LogP contribution in [0.4, 0.5) is 4.79 Å². The molecule has 4 rings (SSSR count). The molecule has 2 aromatic carbocycles. The Morgan fingerprint density at radius 2 is 1.62 bits per heavy atom. The number of aliphatic carboxylic acids is 1. The number of likely N-dealkylation sites (N-methyl/N-ethyl adjacent to an activating group) is 1.